The molecule has 84 valence electrons. The van der Waals surface area contributed by atoms with Crippen molar-refractivity contribution in [3.05, 3.63) is 60.7 Å². The van der Waals surface area contributed by atoms with E-state index in [9.17, 15) is 4.79 Å². The van der Waals surface area contributed by atoms with Crippen molar-refractivity contribution in [1.82, 2.24) is 9.97 Å². The topological polar surface area (TPSA) is 54.9 Å². The second kappa shape index (κ2) is 5.03. The second-order valence-electron chi connectivity index (χ2n) is 3.33. The molecule has 4 nitrogen and oxygen atoms in total. The lowest BCUT2D eigenvalue weighted by atomic mass is 10.1. The highest BCUT2D eigenvalue weighted by atomic mass is 16.1. The van der Waals surface area contributed by atoms with Crippen LogP contribution in [-0.2, 0) is 0 Å². The van der Waals surface area contributed by atoms with Gasteiger partial charge < -0.3 is 5.32 Å². The summed E-state index contributed by atoms with van der Waals surface area (Å²) in [6.45, 7) is 3.63. The monoisotopic (exact) mass is 225 g/mol. The Balaban J connectivity index is 2.23. The predicted octanol–water partition coefficient (Wildman–Crippen LogP) is 2.37. The quantitative estimate of drug-likeness (QED) is 0.872. The van der Waals surface area contributed by atoms with Crippen molar-refractivity contribution >= 4 is 17.7 Å². The first-order valence-corrected chi connectivity index (χ1v) is 5.10. The van der Waals surface area contributed by atoms with Crippen LogP contribution in [0, 0.1) is 0 Å². The third kappa shape index (κ3) is 2.55. The summed E-state index contributed by atoms with van der Waals surface area (Å²) >= 11 is 0. The van der Waals surface area contributed by atoms with E-state index in [1.54, 1.807) is 48.9 Å². The molecule has 0 aliphatic rings. The molecule has 0 unspecified atom stereocenters. The molecule has 0 saturated heterocycles. The van der Waals surface area contributed by atoms with Gasteiger partial charge in [-0.1, -0.05) is 6.58 Å². The average molecular weight is 225 g/mol. The molecule has 2 heterocycles. The predicted molar refractivity (Wildman–Crippen MR) is 66.5 cm³/mol. The fourth-order valence-electron chi connectivity index (χ4n) is 1.41. The highest BCUT2D eigenvalue weighted by molar-refractivity contribution is 6.06. The Bertz CT molecular complexity index is 537. The van der Waals surface area contributed by atoms with E-state index in [-0.39, 0.29) is 5.91 Å². The molecule has 0 aliphatic carbocycles. The van der Waals surface area contributed by atoms with Gasteiger partial charge in [-0.2, -0.15) is 0 Å². The van der Waals surface area contributed by atoms with Crippen molar-refractivity contribution in [2.45, 2.75) is 0 Å². The van der Waals surface area contributed by atoms with Crippen molar-refractivity contribution in [2.24, 2.45) is 0 Å². The molecule has 0 aromatic carbocycles. The Morgan fingerprint density at radius 2 is 2.00 bits per heavy atom. The molecule has 0 aliphatic heterocycles. The Hall–Kier alpha value is -2.49. The molecule has 0 saturated carbocycles. The van der Waals surface area contributed by atoms with Gasteiger partial charge in [0.1, 0.15) is 0 Å². The van der Waals surface area contributed by atoms with Crippen LogP contribution in [0.15, 0.2) is 49.4 Å². The largest absolute Gasteiger partial charge is 0.322 e. The van der Waals surface area contributed by atoms with Gasteiger partial charge in [-0.15, -0.1) is 0 Å². The summed E-state index contributed by atoms with van der Waals surface area (Å²) in [5, 5.41) is 2.77. The minimum atomic E-state index is -0.209. The fraction of sp³-hybridized carbons (Fsp3) is 0. The standard InChI is InChI=1S/C13H11N3O/c1-2-12-11(4-3-7-15-12)13(17)16-10-5-8-14-9-6-10/h2-9H,1H2,(H,14,16,17). The number of aromatic nitrogens is 2. The van der Waals surface area contributed by atoms with Crippen LogP contribution in [0.5, 0.6) is 0 Å². The number of hydrogen-bond donors (Lipinski definition) is 1. The molecule has 2 aromatic heterocycles. The van der Waals surface area contributed by atoms with E-state index in [4.69, 9.17) is 0 Å². The maximum Gasteiger partial charge on any atom is 0.257 e. The van der Waals surface area contributed by atoms with Gasteiger partial charge in [-0.3, -0.25) is 14.8 Å². The van der Waals surface area contributed by atoms with Crippen LogP contribution >= 0.6 is 0 Å². The molecule has 2 rings (SSSR count). The van der Waals surface area contributed by atoms with Gasteiger partial charge in [-0.05, 0) is 30.3 Å². The average Bonchev–Trinajstić information content (AvgIpc) is 2.40. The molecule has 0 radical (unpaired) electrons. The van der Waals surface area contributed by atoms with Crippen LogP contribution in [0.1, 0.15) is 16.1 Å². The molecule has 1 amide bonds. The number of nitrogens with one attached hydrogen (secondary N) is 1. The van der Waals surface area contributed by atoms with Gasteiger partial charge in [0.2, 0.25) is 0 Å². The fourth-order valence-corrected chi connectivity index (χ4v) is 1.41. The van der Waals surface area contributed by atoms with E-state index in [2.05, 4.69) is 21.9 Å². The number of hydrogen-bond acceptors (Lipinski definition) is 3. The van der Waals surface area contributed by atoms with Gasteiger partial charge in [0, 0.05) is 24.3 Å². The van der Waals surface area contributed by atoms with Crippen molar-refractivity contribution in [3.8, 4) is 0 Å². The summed E-state index contributed by atoms with van der Waals surface area (Å²) in [6, 6.07) is 6.87. The van der Waals surface area contributed by atoms with Crippen LogP contribution in [0.3, 0.4) is 0 Å². The summed E-state index contributed by atoms with van der Waals surface area (Å²) in [5.74, 6) is -0.209. The first-order valence-electron chi connectivity index (χ1n) is 5.10. The van der Waals surface area contributed by atoms with Crippen LogP contribution in [0.4, 0.5) is 5.69 Å². The summed E-state index contributed by atoms with van der Waals surface area (Å²) in [4.78, 5) is 19.9. The smallest absolute Gasteiger partial charge is 0.257 e. The molecule has 2 aromatic rings. The summed E-state index contributed by atoms with van der Waals surface area (Å²) in [6.07, 6.45) is 6.42. The van der Waals surface area contributed by atoms with Gasteiger partial charge in [-0.25, -0.2) is 0 Å². The maximum atomic E-state index is 12.0. The normalized spacial score (nSPS) is 9.65. The number of amides is 1. The Kier molecular flexibility index (Phi) is 3.25. The molecular formula is C13H11N3O. The zero-order valence-corrected chi connectivity index (χ0v) is 9.13. The van der Waals surface area contributed by atoms with Crippen LogP contribution in [-0.4, -0.2) is 15.9 Å². The number of carbonyl (C=O) groups excluding carboxylic acids is 1. The van der Waals surface area contributed by atoms with Crippen LogP contribution in [0.2, 0.25) is 0 Å². The zero-order chi connectivity index (χ0) is 12.1. The molecule has 17 heavy (non-hydrogen) atoms. The van der Waals surface area contributed by atoms with Crippen molar-refractivity contribution < 1.29 is 4.79 Å². The highest BCUT2D eigenvalue weighted by Crippen LogP contribution is 2.10. The number of carbonyl (C=O) groups is 1. The van der Waals surface area contributed by atoms with E-state index < -0.39 is 0 Å². The molecule has 0 bridgehead atoms. The van der Waals surface area contributed by atoms with Crippen molar-refractivity contribution in [2.75, 3.05) is 5.32 Å². The van der Waals surface area contributed by atoms with E-state index in [0.29, 0.717) is 16.9 Å². The minimum absolute atomic E-state index is 0.209. The van der Waals surface area contributed by atoms with E-state index in [0.717, 1.165) is 0 Å². The lowest BCUT2D eigenvalue weighted by Crippen LogP contribution is -2.13. The van der Waals surface area contributed by atoms with Crippen molar-refractivity contribution in [3.63, 3.8) is 0 Å². The molecule has 4 heteroatoms. The first-order chi connectivity index (χ1) is 8.31. The van der Waals surface area contributed by atoms with E-state index in [1.807, 2.05) is 0 Å². The Morgan fingerprint density at radius 3 is 2.71 bits per heavy atom. The number of nitrogens with zero attached hydrogens (tertiary/aromatic N) is 2. The second-order valence-corrected chi connectivity index (χ2v) is 3.33. The number of pyridine rings is 2. The van der Waals surface area contributed by atoms with E-state index in [1.165, 1.54) is 0 Å². The van der Waals surface area contributed by atoms with Crippen LogP contribution in [0.25, 0.3) is 6.08 Å². The molecule has 0 fully saturated rings. The van der Waals surface area contributed by atoms with Gasteiger partial charge in [0.15, 0.2) is 0 Å². The lowest BCUT2D eigenvalue weighted by Gasteiger charge is -2.06. The summed E-state index contributed by atoms with van der Waals surface area (Å²) in [5.41, 5.74) is 1.77. The molecular weight excluding hydrogens is 214 g/mol. The van der Waals surface area contributed by atoms with Gasteiger partial charge in [0.25, 0.3) is 5.91 Å². The maximum absolute atomic E-state index is 12.0. The Labute approximate surface area is 99.0 Å². The molecule has 1 N–H and O–H groups in total. The van der Waals surface area contributed by atoms with Crippen LogP contribution < -0.4 is 5.32 Å². The van der Waals surface area contributed by atoms with Gasteiger partial charge >= 0.3 is 0 Å². The minimum Gasteiger partial charge on any atom is -0.322 e. The first kappa shape index (κ1) is 11.0. The van der Waals surface area contributed by atoms with E-state index >= 15 is 0 Å². The third-order valence-corrected chi connectivity index (χ3v) is 2.21. The Morgan fingerprint density at radius 1 is 1.24 bits per heavy atom. The number of rotatable bonds is 3. The molecule has 0 spiro atoms. The number of anilines is 1. The van der Waals surface area contributed by atoms with Crippen molar-refractivity contribution in [1.29, 1.82) is 0 Å². The zero-order valence-electron chi connectivity index (χ0n) is 9.13. The van der Waals surface area contributed by atoms with Gasteiger partial charge in [0.05, 0.1) is 11.3 Å². The SMILES string of the molecule is C=Cc1ncccc1C(=O)Nc1ccncc1. The molecule has 0 atom stereocenters. The third-order valence-electron chi connectivity index (χ3n) is 2.21. The highest BCUT2D eigenvalue weighted by Gasteiger charge is 2.09. The lowest BCUT2D eigenvalue weighted by molar-refractivity contribution is 0.102. The summed E-state index contributed by atoms with van der Waals surface area (Å²) in [7, 11) is 0. The summed E-state index contributed by atoms with van der Waals surface area (Å²) < 4.78 is 0.